The normalized spacial score (nSPS) is 26.2. The van der Waals surface area contributed by atoms with Crippen LogP contribution >= 0.6 is 12.2 Å². The number of thiocarbonyl (C=S) groups is 1. The molecular formula is C19H22F3N4O3S2+. The molecule has 1 aromatic rings. The van der Waals surface area contributed by atoms with Gasteiger partial charge in [0.15, 0.2) is 11.2 Å². The summed E-state index contributed by atoms with van der Waals surface area (Å²) in [6, 6.07) is 2.95. The zero-order valence-electron chi connectivity index (χ0n) is 17.4. The highest BCUT2D eigenvalue weighted by Crippen LogP contribution is 2.48. The second-order valence-corrected chi connectivity index (χ2v) is 11.0. The summed E-state index contributed by atoms with van der Waals surface area (Å²) in [5.41, 5.74) is -3.21. The molecule has 0 radical (unpaired) electrons. The van der Waals surface area contributed by atoms with Gasteiger partial charge in [-0.15, -0.1) is 0 Å². The molecule has 2 fully saturated rings. The molecule has 0 bridgehead atoms. The topological polar surface area (TPSA) is 62.1 Å². The molecule has 7 nitrogen and oxygen atoms in total. The molecule has 1 spiro atoms. The number of nitrogens with zero attached hydrogens (tertiary/aromatic N) is 4. The summed E-state index contributed by atoms with van der Waals surface area (Å²) in [5.74, 6) is -0.581. The summed E-state index contributed by atoms with van der Waals surface area (Å²) in [5, 5.41) is -1.07. The lowest BCUT2D eigenvalue weighted by atomic mass is 10.0. The Bertz CT molecular complexity index is 1110. The maximum absolute atomic E-state index is 13.5. The molecule has 0 N–H and O–H groups in total. The average Bonchev–Trinajstić information content (AvgIpc) is 3.19. The molecule has 0 aliphatic carbocycles. The number of anilines is 1. The van der Waals surface area contributed by atoms with Crippen molar-refractivity contribution in [1.82, 2.24) is 4.31 Å². The van der Waals surface area contributed by atoms with Crippen molar-refractivity contribution in [2.45, 2.75) is 43.8 Å². The van der Waals surface area contributed by atoms with Crippen molar-refractivity contribution in [2.24, 2.45) is 0 Å². The Hall–Kier alpha value is -2.07. The monoisotopic (exact) mass is 475 g/mol. The predicted octanol–water partition coefficient (Wildman–Crippen LogP) is 3.49. The van der Waals surface area contributed by atoms with E-state index in [0.717, 1.165) is 21.3 Å². The van der Waals surface area contributed by atoms with Crippen LogP contribution in [0.15, 0.2) is 18.2 Å². The van der Waals surface area contributed by atoms with Gasteiger partial charge in [0.2, 0.25) is 5.37 Å². The van der Waals surface area contributed by atoms with E-state index >= 15 is 0 Å². The van der Waals surface area contributed by atoms with E-state index in [2.05, 4.69) is 4.85 Å². The van der Waals surface area contributed by atoms with E-state index in [9.17, 15) is 26.4 Å². The zero-order valence-corrected chi connectivity index (χ0v) is 19.0. The molecule has 2 unspecified atom stereocenters. The summed E-state index contributed by atoms with van der Waals surface area (Å²) in [4.78, 5) is 17.3. The van der Waals surface area contributed by atoms with E-state index in [0.29, 0.717) is 6.42 Å². The molecule has 0 aromatic heterocycles. The lowest BCUT2D eigenvalue weighted by Crippen LogP contribution is -2.67. The van der Waals surface area contributed by atoms with Gasteiger partial charge in [0.1, 0.15) is 0 Å². The van der Waals surface area contributed by atoms with Crippen molar-refractivity contribution in [3.63, 3.8) is 0 Å². The molecule has 31 heavy (non-hydrogen) atoms. The van der Waals surface area contributed by atoms with E-state index in [1.807, 2.05) is 0 Å². The molecule has 3 rings (SSSR count). The first-order valence-corrected chi connectivity index (χ1v) is 11.3. The van der Waals surface area contributed by atoms with Gasteiger partial charge in [0.25, 0.3) is 21.0 Å². The number of alkyl halides is 3. The molecule has 1 amide bonds. The average molecular weight is 476 g/mol. The van der Waals surface area contributed by atoms with Crippen molar-refractivity contribution < 1.29 is 30.9 Å². The van der Waals surface area contributed by atoms with Crippen molar-refractivity contribution in [3.8, 4) is 0 Å². The third-order valence-corrected chi connectivity index (χ3v) is 9.04. The Morgan fingerprint density at radius 3 is 2.45 bits per heavy atom. The molecule has 0 saturated carbocycles. The minimum Gasteiger partial charge on any atom is -0.267 e. The SMILES string of the molecule is [C-]#[N+]c1ccc(N2C(=O)C(C)(C)[N+]3(CCCC3S(=O)(=O)N(C)C)C2=S)cc1C(F)(F)F. The fourth-order valence-electron chi connectivity index (χ4n) is 4.52. The van der Waals surface area contributed by atoms with E-state index < -0.39 is 44.3 Å². The van der Waals surface area contributed by atoms with Gasteiger partial charge in [0.05, 0.1) is 24.4 Å². The Kier molecular flexibility index (Phi) is 5.50. The number of hydrogen-bond donors (Lipinski definition) is 0. The maximum atomic E-state index is 13.5. The summed E-state index contributed by atoms with van der Waals surface area (Å²) in [7, 11) is -1.03. The minimum absolute atomic E-state index is 0.0494. The Morgan fingerprint density at radius 2 is 1.94 bits per heavy atom. The van der Waals surface area contributed by atoms with E-state index in [1.54, 1.807) is 13.8 Å². The van der Waals surface area contributed by atoms with Crippen LogP contribution in [0.3, 0.4) is 0 Å². The van der Waals surface area contributed by atoms with Gasteiger partial charge < -0.3 is 0 Å². The van der Waals surface area contributed by atoms with Crippen LogP contribution < -0.4 is 4.90 Å². The third-order valence-electron chi connectivity index (χ3n) is 6.23. The van der Waals surface area contributed by atoms with E-state index in [1.165, 1.54) is 20.2 Å². The molecule has 2 aliphatic heterocycles. The fourth-order valence-corrected chi connectivity index (χ4v) is 7.10. The van der Waals surface area contributed by atoms with Crippen LogP contribution in [-0.2, 0) is 21.0 Å². The van der Waals surface area contributed by atoms with Crippen LogP contribution in [0, 0.1) is 6.57 Å². The number of hydrogen-bond acceptors (Lipinski definition) is 4. The number of halogens is 3. The standard InChI is InChI=1S/C19H22F3N4O3S2/c1-18(2)16(27)25(12-8-9-14(23-3)13(11-12)19(20,21)22)17(30)26(18)10-6-7-15(26)31(28,29)24(4)5/h8-9,11,15H,6-7,10H2,1-2,4-5H3/q+1. The molecule has 2 atom stereocenters. The van der Waals surface area contributed by atoms with Gasteiger partial charge in [-0.05, 0) is 12.1 Å². The Balaban J connectivity index is 2.21. The molecule has 12 heteroatoms. The minimum atomic E-state index is -4.80. The quantitative estimate of drug-likeness (QED) is 0.382. The van der Waals surface area contributed by atoms with Gasteiger partial charge >= 0.3 is 6.18 Å². The van der Waals surface area contributed by atoms with Crippen molar-refractivity contribution >= 4 is 44.6 Å². The van der Waals surface area contributed by atoms with Gasteiger partial charge in [-0.2, -0.15) is 13.2 Å². The van der Waals surface area contributed by atoms with Gasteiger partial charge in [0, 0.05) is 53.0 Å². The lowest BCUT2D eigenvalue weighted by molar-refractivity contribution is -0.872. The molecule has 1 aromatic carbocycles. The zero-order chi connectivity index (χ0) is 23.6. The van der Waals surface area contributed by atoms with Crippen molar-refractivity contribution in [2.75, 3.05) is 25.5 Å². The largest absolute Gasteiger partial charge is 0.407 e. The van der Waals surface area contributed by atoms with Crippen LogP contribution in [0.2, 0.25) is 0 Å². The number of sulfonamides is 1. The molecule has 2 aliphatic rings. The van der Waals surface area contributed by atoms with E-state index in [-0.39, 0.29) is 28.2 Å². The molecule has 168 valence electrons. The van der Waals surface area contributed by atoms with Crippen molar-refractivity contribution in [1.29, 1.82) is 0 Å². The first-order valence-electron chi connectivity index (χ1n) is 9.41. The summed E-state index contributed by atoms with van der Waals surface area (Å²) < 4.78 is 67.4. The van der Waals surface area contributed by atoms with Crippen LogP contribution in [0.1, 0.15) is 32.3 Å². The first kappa shape index (κ1) is 23.6. The summed E-state index contributed by atoms with van der Waals surface area (Å²) in [6.07, 6.45) is -4.03. The summed E-state index contributed by atoms with van der Waals surface area (Å²) >= 11 is 5.60. The van der Waals surface area contributed by atoms with Crippen molar-refractivity contribution in [3.05, 3.63) is 35.2 Å². The molecule has 2 saturated heterocycles. The second kappa shape index (κ2) is 7.23. The van der Waals surface area contributed by atoms with Crippen LogP contribution in [0.4, 0.5) is 24.5 Å². The highest BCUT2D eigenvalue weighted by Gasteiger charge is 2.71. The van der Waals surface area contributed by atoms with Crippen LogP contribution in [0.5, 0.6) is 0 Å². The Morgan fingerprint density at radius 1 is 1.32 bits per heavy atom. The highest BCUT2D eigenvalue weighted by atomic mass is 32.2. The molecule has 2 heterocycles. The van der Waals surface area contributed by atoms with Crippen LogP contribution in [-0.4, -0.2) is 59.8 Å². The van der Waals surface area contributed by atoms with Gasteiger partial charge in [-0.25, -0.2) is 27.0 Å². The maximum Gasteiger partial charge on any atom is 0.407 e. The third kappa shape index (κ3) is 3.17. The van der Waals surface area contributed by atoms with Gasteiger partial charge in [-0.1, -0.05) is 6.07 Å². The highest BCUT2D eigenvalue weighted by molar-refractivity contribution is 7.89. The number of carbonyl (C=O) groups is 1. The lowest BCUT2D eigenvalue weighted by Gasteiger charge is -2.42. The predicted molar refractivity (Wildman–Crippen MR) is 113 cm³/mol. The summed E-state index contributed by atoms with van der Waals surface area (Å²) in [6.45, 7) is 10.4. The Labute approximate surface area is 184 Å². The second-order valence-electron chi connectivity index (χ2n) is 8.31. The van der Waals surface area contributed by atoms with Crippen LogP contribution in [0.25, 0.3) is 4.85 Å². The number of quaternary nitrogens is 1. The number of carbonyl (C=O) groups excluding carboxylic acids is 1. The first-order chi connectivity index (χ1) is 14.1. The number of amides is 1. The number of benzene rings is 1. The van der Waals surface area contributed by atoms with E-state index in [4.69, 9.17) is 18.8 Å². The molecular weight excluding hydrogens is 453 g/mol. The smallest absolute Gasteiger partial charge is 0.267 e. The number of rotatable bonds is 3. The fraction of sp³-hybridized carbons (Fsp3) is 0.526. The van der Waals surface area contributed by atoms with Gasteiger partial charge in [-0.3, -0.25) is 4.79 Å².